The minimum atomic E-state index is -0.0885. The van der Waals surface area contributed by atoms with Crippen LogP contribution in [0.15, 0.2) is 12.2 Å². The number of hydrogen-bond donors (Lipinski definition) is 0. The van der Waals surface area contributed by atoms with E-state index in [1.54, 1.807) is 0 Å². The van der Waals surface area contributed by atoms with E-state index in [1.165, 1.54) is 0 Å². The van der Waals surface area contributed by atoms with Crippen molar-refractivity contribution in [2.24, 2.45) is 5.41 Å². The van der Waals surface area contributed by atoms with Crippen LogP contribution in [0, 0.1) is 5.41 Å². The summed E-state index contributed by atoms with van der Waals surface area (Å²) < 4.78 is 0. The van der Waals surface area contributed by atoms with Gasteiger partial charge >= 0.3 is 0 Å². The molecule has 0 aromatic rings. The largest absolute Gasteiger partial charge is 0.299 e. The van der Waals surface area contributed by atoms with Crippen molar-refractivity contribution in [3.05, 3.63) is 12.2 Å². The fourth-order valence-electron chi connectivity index (χ4n) is 0.958. The monoisotopic (exact) mass is 124 g/mol. The molecule has 0 aromatic carbocycles. The van der Waals surface area contributed by atoms with Crippen LogP contribution < -0.4 is 0 Å². The van der Waals surface area contributed by atoms with Crippen molar-refractivity contribution in [2.75, 3.05) is 0 Å². The van der Waals surface area contributed by atoms with Gasteiger partial charge in [0.25, 0.3) is 0 Å². The third-order valence-electron chi connectivity index (χ3n) is 1.85. The third-order valence-corrected chi connectivity index (χ3v) is 1.85. The zero-order valence-electron chi connectivity index (χ0n) is 5.98. The topological polar surface area (TPSA) is 17.1 Å². The molecule has 1 heteroatoms. The number of Topliss-reactive ketones (excluding diaryl/α,β-unsaturated/α-hetero) is 1. The summed E-state index contributed by atoms with van der Waals surface area (Å²) in [4.78, 5) is 11.1. The van der Waals surface area contributed by atoms with Gasteiger partial charge in [-0.3, -0.25) is 4.79 Å². The molecule has 0 N–H and O–H groups in total. The number of hydrogen-bond acceptors (Lipinski definition) is 1. The van der Waals surface area contributed by atoms with Crippen LogP contribution in [0.1, 0.15) is 26.7 Å². The van der Waals surface area contributed by atoms with Gasteiger partial charge in [0.2, 0.25) is 0 Å². The van der Waals surface area contributed by atoms with E-state index < -0.39 is 0 Å². The second kappa shape index (κ2) is 1.98. The Balaban J connectivity index is 2.76. The Labute approximate surface area is 55.8 Å². The van der Waals surface area contributed by atoms with Crippen LogP contribution in [0.5, 0.6) is 0 Å². The summed E-state index contributed by atoms with van der Waals surface area (Å²) in [6.45, 7) is 4.00. The van der Waals surface area contributed by atoms with Gasteiger partial charge < -0.3 is 0 Å². The summed E-state index contributed by atoms with van der Waals surface area (Å²) in [5.41, 5.74) is -0.0885. The molecule has 0 saturated heterocycles. The zero-order valence-corrected chi connectivity index (χ0v) is 5.98. The van der Waals surface area contributed by atoms with Gasteiger partial charge in [-0.15, -0.1) is 0 Å². The summed E-state index contributed by atoms with van der Waals surface area (Å²) in [6, 6.07) is 0. The molecule has 1 rings (SSSR count). The van der Waals surface area contributed by atoms with E-state index in [0.29, 0.717) is 12.2 Å². The Hall–Kier alpha value is -0.590. The smallest absolute Gasteiger partial charge is 0.142 e. The molecule has 50 valence electrons. The van der Waals surface area contributed by atoms with E-state index in [4.69, 9.17) is 0 Å². The van der Waals surface area contributed by atoms with Crippen LogP contribution >= 0.6 is 0 Å². The van der Waals surface area contributed by atoms with Crippen LogP contribution in [-0.4, -0.2) is 5.78 Å². The first-order valence-corrected chi connectivity index (χ1v) is 3.31. The summed E-state index contributed by atoms with van der Waals surface area (Å²) in [7, 11) is 0. The maximum absolute atomic E-state index is 11.1. The van der Waals surface area contributed by atoms with Crippen molar-refractivity contribution in [3.63, 3.8) is 0 Å². The number of rotatable bonds is 0. The first-order chi connectivity index (χ1) is 4.13. The van der Waals surface area contributed by atoms with Gasteiger partial charge in [0.15, 0.2) is 0 Å². The standard InChI is InChI=1S/C8H12O/c1-8(2)6-4-3-5-7(8)9/h3-4H,5-6H2,1-2H3. The van der Waals surface area contributed by atoms with Gasteiger partial charge in [0, 0.05) is 11.8 Å². The number of allylic oxidation sites excluding steroid dienone is 2. The van der Waals surface area contributed by atoms with Crippen LogP contribution in [0.25, 0.3) is 0 Å². The SMILES string of the molecule is CC1(C)CC=CCC1=O. The fraction of sp³-hybridized carbons (Fsp3) is 0.625. The second-order valence-electron chi connectivity index (χ2n) is 3.19. The molecule has 0 radical (unpaired) electrons. The Morgan fingerprint density at radius 2 is 2.11 bits per heavy atom. The molecule has 0 heterocycles. The van der Waals surface area contributed by atoms with Gasteiger partial charge in [-0.25, -0.2) is 0 Å². The van der Waals surface area contributed by atoms with Gasteiger partial charge in [-0.05, 0) is 6.42 Å². The zero-order chi connectivity index (χ0) is 6.91. The Kier molecular flexibility index (Phi) is 1.43. The molecule has 9 heavy (non-hydrogen) atoms. The van der Waals surface area contributed by atoms with E-state index >= 15 is 0 Å². The second-order valence-corrected chi connectivity index (χ2v) is 3.19. The molecule has 1 nitrogen and oxygen atoms in total. The van der Waals surface area contributed by atoms with Gasteiger partial charge in [0.05, 0.1) is 0 Å². The van der Waals surface area contributed by atoms with E-state index in [9.17, 15) is 4.79 Å². The lowest BCUT2D eigenvalue weighted by Gasteiger charge is -2.23. The van der Waals surface area contributed by atoms with Crippen LogP contribution in [0.4, 0.5) is 0 Å². The number of carbonyl (C=O) groups is 1. The molecule has 0 fully saturated rings. The highest BCUT2D eigenvalue weighted by Crippen LogP contribution is 2.27. The molecular formula is C8H12O. The van der Waals surface area contributed by atoms with E-state index in [2.05, 4.69) is 6.08 Å². The maximum atomic E-state index is 11.1. The molecule has 0 aliphatic heterocycles. The van der Waals surface area contributed by atoms with Crippen molar-refractivity contribution < 1.29 is 4.79 Å². The summed E-state index contributed by atoms with van der Waals surface area (Å²) in [6.07, 6.45) is 5.58. The maximum Gasteiger partial charge on any atom is 0.142 e. The van der Waals surface area contributed by atoms with Gasteiger partial charge in [0.1, 0.15) is 5.78 Å². The molecule has 0 amide bonds. The fourth-order valence-corrected chi connectivity index (χ4v) is 0.958. The Morgan fingerprint density at radius 1 is 1.44 bits per heavy atom. The predicted molar refractivity (Wildman–Crippen MR) is 37.2 cm³/mol. The lowest BCUT2D eigenvalue weighted by Crippen LogP contribution is -2.24. The Morgan fingerprint density at radius 3 is 2.44 bits per heavy atom. The predicted octanol–water partition coefficient (Wildman–Crippen LogP) is 1.93. The van der Waals surface area contributed by atoms with Crippen molar-refractivity contribution in [1.29, 1.82) is 0 Å². The average molecular weight is 124 g/mol. The molecule has 0 aromatic heterocycles. The van der Waals surface area contributed by atoms with Crippen molar-refractivity contribution in [1.82, 2.24) is 0 Å². The summed E-state index contributed by atoms with van der Waals surface area (Å²) in [5, 5.41) is 0. The molecule has 0 spiro atoms. The van der Waals surface area contributed by atoms with Crippen LogP contribution in [0.2, 0.25) is 0 Å². The average Bonchev–Trinajstić information content (AvgIpc) is 1.77. The van der Waals surface area contributed by atoms with E-state index in [1.807, 2.05) is 19.9 Å². The quantitative estimate of drug-likeness (QED) is 0.451. The highest BCUT2D eigenvalue weighted by Gasteiger charge is 2.26. The highest BCUT2D eigenvalue weighted by atomic mass is 16.1. The minimum absolute atomic E-state index is 0.0885. The molecule has 0 saturated carbocycles. The van der Waals surface area contributed by atoms with Crippen molar-refractivity contribution in [2.45, 2.75) is 26.7 Å². The van der Waals surface area contributed by atoms with Gasteiger partial charge in [-0.1, -0.05) is 26.0 Å². The molecule has 0 bridgehead atoms. The van der Waals surface area contributed by atoms with E-state index in [-0.39, 0.29) is 5.41 Å². The van der Waals surface area contributed by atoms with Gasteiger partial charge in [-0.2, -0.15) is 0 Å². The van der Waals surface area contributed by atoms with E-state index in [0.717, 1.165) is 6.42 Å². The summed E-state index contributed by atoms with van der Waals surface area (Å²) in [5.74, 6) is 0.366. The number of ketones is 1. The van der Waals surface area contributed by atoms with Crippen molar-refractivity contribution >= 4 is 5.78 Å². The lowest BCUT2D eigenvalue weighted by atomic mass is 9.80. The van der Waals surface area contributed by atoms with Crippen molar-refractivity contribution in [3.8, 4) is 0 Å². The first kappa shape index (κ1) is 6.53. The normalized spacial score (nSPS) is 24.4. The third kappa shape index (κ3) is 1.21. The number of carbonyl (C=O) groups excluding carboxylic acids is 1. The molecule has 0 atom stereocenters. The lowest BCUT2D eigenvalue weighted by molar-refractivity contribution is -0.126. The highest BCUT2D eigenvalue weighted by molar-refractivity contribution is 5.86. The summed E-state index contributed by atoms with van der Waals surface area (Å²) >= 11 is 0. The Bertz CT molecular complexity index is 154. The molecule has 1 aliphatic carbocycles. The molecule has 0 unspecified atom stereocenters. The first-order valence-electron chi connectivity index (χ1n) is 3.31. The van der Waals surface area contributed by atoms with Crippen LogP contribution in [-0.2, 0) is 4.79 Å². The molecular weight excluding hydrogens is 112 g/mol. The minimum Gasteiger partial charge on any atom is -0.299 e. The van der Waals surface area contributed by atoms with Crippen LogP contribution in [0.3, 0.4) is 0 Å². The molecule has 1 aliphatic rings.